The van der Waals surface area contributed by atoms with Crippen molar-refractivity contribution in [3.8, 4) is 0 Å². The first-order valence-corrected chi connectivity index (χ1v) is 8.69. The molecule has 2 atom stereocenters. The molecule has 0 aromatic carbocycles. The Morgan fingerprint density at radius 2 is 2.10 bits per heavy atom. The summed E-state index contributed by atoms with van der Waals surface area (Å²) in [5, 5.41) is 3.84. The van der Waals surface area contributed by atoms with E-state index in [1.54, 1.807) is 0 Å². The minimum absolute atomic E-state index is 0.659. The molecule has 1 N–H and O–H groups in total. The standard InChI is InChI=1S/C18H29N3/c1-15-9-11-20-18(17-7-3-2-4-8-17)14-21(15)13-16-6-5-10-19-12-16/h5-6,10,12,15,17-18,20H,2-4,7-9,11,13-14H2,1H3. The van der Waals surface area contributed by atoms with Crippen LogP contribution in [0.1, 0.15) is 51.0 Å². The van der Waals surface area contributed by atoms with Crippen molar-refractivity contribution < 1.29 is 0 Å². The van der Waals surface area contributed by atoms with Gasteiger partial charge >= 0.3 is 0 Å². The predicted octanol–water partition coefficient (Wildman–Crippen LogP) is 3.21. The minimum Gasteiger partial charge on any atom is -0.312 e. The Morgan fingerprint density at radius 3 is 2.86 bits per heavy atom. The molecule has 1 saturated heterocycles. The van der Waals surface area contributed by atoms with E-state index in [-0.39, 0.29) is 0 Å². The highest BCUT2D eigenvalue weighted by Gasteiger charge is 2.29. The molecule has 116 valence electrons. The fourth-order valence-electron chi connectivity index (χ4n) is 3.96. The molecule has 0 spiro atoms. The zero-order valence-electron chi connectivity index (χ0n) is 13.3. The molecular formula is C18H29N3. The van der Waals surface area contributed by atoms with Gasteiger partial charge in [0.1, 0.15) is 0 Å². The minimum atomic E-state index is 0.659. The van der Waals surface area contributed by atoms with E-state index in [0.29, 0.717) is 12.1 Å². The van der Waals surface area contributed by atoms with Crippen molar-refractivity contribution in [2.75, 3.05) is 13.1 Å². The number of nitrogens with zero attached hydrogens (tertiary/aromatic N) is 2. The summed E-state index contributed by atoms with van der Waals surface area (Å²) in [6.45, 7) is 5.79. The van der Waals surface area contributed by atoms with Crippen LogP contribution in [-0.4, -0.2) is 35.1 Å². The van der Waals surface area contributed by atoms with Crippen molar-refractivity contribution in [3.05, 3.63) is 30.1 Å². The maximum absolute atomic E-state index is 4.27. The van der Waals surface area contributed by atoms with E-state index in [0.717, 1.165) is 12.5 Å². The Morgan fingerprint density at radius 1 is 1.24 bits per heavy atom. The van der Waals surface area contributed by atoms with Gasteiger partial charge in [0.15, 0.2) is 0 Å². The Hall–Kier alpha value is -0.930. The summed E-state index contributed by atoms with van der Waals surface area (Å²) in [5.41, 5.74) is 1.34. The number of pyridine rings is 1. The normalized spacial score (nSPS) is 29.2. The number of aromatic nitrogens is 1. The lowest BCUT2D eigenvalue weighted by atomic mass is 9.83. The van der Waals surface area contributed by atoms with Crippen molar-refractivity contribution >= 4 is 0 Å². The van der Waals surface area contributed by atoms with Gasteiger partial charge < -0.3 is 5.32 Å². The molecule has 1 saturated carbocycles. The Bertz CT molecular complexity index is 414. The molecule has 3 nitrogen and oxygen atoms in total. The second-order valence-electron chi connectivity index (χ2n) is 6.89. The number of nitrogens with one attached hydrogen (secondary N) is 1. The average Bonchev–Trinajstić information content (AvgIpc) is 2.72. The van der Waals surface area contributed by atoms with Crippen LogP contribution < -0.4 is 5.32 Å². The van der Waals surface area contributed by atoms with E-state index in [4.69, 9.17) is 0 Å². The zero-order valence-corrected chi connectivity index (χ0v) is 13.3. The van der Waals surface area contributed by atoms with Gasteiger partial charge in [-0.1, -0.05) is 25.3 Å². The third-order valence-corrected chi connectivity index (χ3v) is 5.35. The lowest BCUT2D eigenvalue weighted by molar-refractivity contribution is 0.165. The van der Waals surface area contributed by atoms with Gasteiger partial charge in [-0.05, 0) is 50.3 Å². The fourth-order valence-corrected chi connectivity index (χ4v) is 3.96. The lowest BCUT2D eigenvalue weighted by Crippen LogP contribution is -2.44. The molecule has 1 aromatic rings. The maximum Gasteiger partial charge on any atom is 0.0312 e. The highest BCUT2D eigenvalue weighted by molar-refractivity contribution is 5.08. The summed E-state index contributed by atoms with van der Waals surface area (Å²) in [6.07, 6.45) is 12.3. The van der Waals surface area contributed by atoms with Crippen LogP contribution in [0.25, 0.3) is 0 Å². The summed E-state index contributed by atoms with van der Waals surface area (Å²) >= 11 is 0. The molecule has 0 radical (unpaired) electrons. The molecule has 0 amide bonds. The molecule has 1 aliphatic heterocycles. The van der Waals surface area contributed by atoms with Crippen LogP contribution in [0, 0.1) is 5.92 Å². The highest BCUT2D eigenvalue weighted by Crippen LogP contribution is 2.28. The second-order valence-corrected chi connectivity index (χ2v) is 6.89. The van der Waals surface area contributed by atoms with Crippen molar-refractivity contribution in [1.29, 1.82) is 0 Å². The van der Waals surface area contributed by atoms with E-state index in [9.17, 15) is 0 Å². The fraction of sp³-hybridized carbons (Fsp3) is 0.722. The Balaban J connectivity index is 1.65. The number of hydrogen-bond donors (Lipinski definition) is 1. The SMILES string of the molecule is CC1CCNC(C2CCCCC2)CN1Cc1cccnc1. The van der Waals surface area contributed by atoms with Gasteiger partial charge in [0.05, 0.1) is 0 Å². The quantitative estimate of drug-likeness (QED) is 0.925. The van der Waals surface area contributed by atoms with E-state index < -0.39 is 0 Å². The third-order valence-electron chi connectivity index (χ3n) is 5.35. The summed E-state index contributed by atoms with van der Waals surface area (Å²) in [7, 11) is 0. The van der Waals surface area contributed by atoms with Gasteiger partial charge in [0.25, 0.3) is 0 Å². The first kappa shape index (κ1) is 15.0. The van der Waals surface area contributed by atoms with E-state index >= 15 is 0 Å². The Kier molecular flexibility index (Phi) is 5.26. The molecule has 2 aliphatic rings. The smallest absolute Gasteiger partial charge is 0.0312 e. The molecule has 2 fully saturated rings. The van der Waals surface area contributed by atoms with Gasteiger partial charge in [-0.25, -0.2) is 0 Å². The summed E-state index contributed by atoms with van der Waals surface area (Å²) < 4.78 is 0. The summed E-state index contributed by atoms with van der Waals surface area (Å²) in [4.78, 5) is 6.93. The van der Waals surface area contributed by atoms with E-state index in [2.05, 4.69) is 34.3 Å². The van der Waals surface area contributed by atoms with Gasteiger partial charge in [-0.3, -0.25) is 9.88 Å². The molecule has 3 heteroatoms. The van der Waals surface area contributed by atoms with Crippen LogP contribution in [0.4, 0.5) is 0 Å². The van der Waals surface area contributed by atoms with Crippen LogP contribution in [0.15, 0.2) is 24.5 Å². The summed E-state index contributed by atoms with van der Waals surface area (Å²) in [6, 6.07) is 5.60. The van der Waals surface area contributed by atoms with Gasteiger partial charge in [-0.15, -0.1) is 0 Å². The first-order chi connectivity index (χ1) is 10.3. The third kappa shape index (κ3) is 4.04. The van der Waals surface area contributed by atoms with Crippen molar-refractivity contribution in [2.45, 2.75) is 64.1 Å². The van der Waals surface area contributed by atoms with Gasteiger partial charge in [-0.2, -0.15) is 0 Å². The van der Waals surface area contributed by atoms with Crippen LogP contribution in [-0.2, 0) is 6.54 Å². The average molecular weight is 287 g/mol. The van der Waals surface area contributed by atoms with Crippen molar-refractivity contribution in [3.63, 3.8) is 0 Å². The maximum atomic E-state index is 4.27. The molecule has 1 aliphatic carbocycles. The molecule has 0 bridgehead atoms. The molecule has 2 heterocycles. The van der Waals surface area contributed by atoms with Crippen LogP contribution in [0.5, 0.6) is 0 Å². The van der Waals surface area contributed by atoms with Crippen LogP contribution in [0.2, 0.25) is 0 Å². The van der Waals surface area contributed by atoms with Crippen molar-refractivity contribution in [1.82, 2.24) is 15.2 Å². The van der Waals surface area contributed by atoms with Gasteiger partial charge in [0.2, 0.25) is 0 Å². The highest BCUT2D eigenvalue weighted by atomic mass is 15.2. The Labute approximate surface area is 129 Å². The van der Waals surface area contributed by atoms with E-state index in [1.807, 2.05) is 12.4 Å². The second kappa shape index (κ2) is 7.37. The lowest BCUT2D eigenvalue weighted by Gasteiger charge is -2.34. The number of hydrogen-bond acceptors (Lipinski definition) is 3. The van der Waals surface area contributed by atoms with Crippen LogP contribution in [0.3, 0.4) is 0 Å². The molecule has 21 heavy (non-hydrogen) atoms. The van der Waals surface area contributed by atoms with Crippen molar-refractivity contribution in [2.24, 2.45) is 5.92 Å². The number of rotatable bonds is 3. The monoisotopic (exact) mass is 287 g/mol. The first-order valence-electron chi connectivity index (χ1n) is 8.69. The van der Waals surface area contributed by atoms with Gasteiger partial charge in [0, 0.05) is 37.6 Å². The largest absolute Gasteiger partial charge is 0.312 e. The van der Waals surface area contributed by atoms with Crippen LogP contribution >= 0.6 is 0 Å². The molecule has 1 aromatic heterocycles. The predicted molar refractivity (Wildman–Crippen MR) is 87.1 cm³/mol. The topological polar surface area (TPSA) is 28.2 Å². The zero-order chi connectivity index (χ0) is 14.5. The van der Waals surface area contributed by atoms with E-state index in [1.165, 1.54) is 57.2 Å². The molecular weight excluding hydrogens is 258 g/mol. The molecule has 2 unspecified atom stereocenters. The summed E-state index contributed by atoms with van der Waals surface area (Å²) in [5.74, 6) is 0.889. The molecule has 3 rings (SSSR count).